The van der Waals surface area contributed by atoms with Gasteiger partial charge >= 0.3 is 6.18 Å². The zero-order chi connectivity index (χ0) is 14.2. The molecule has 0 unspecified atom stereocenters. The number of nitriles is 1. The summed E-state index contributed by atoms with van der Waals surface area (Å²) >= 11 is 2.93. The molecule has 0 aliphatic rings. The SMILES string of the molecule is N#Cc1nc(-c2c(F)cccc2C(F)(F)F)[nH]c1Br. The van der Waals surface area contributed by atoms with Crippen LogP contribution in [-0.4, -0.2) is 9.97 Å². The summed E-state index contributed by atoms with van der Waals surface area (Å²) < 4.78 is 52.2. The van der Waals surface area contributed by atoms with Gasteiger partial charge in [0.15, 0.2) is 5.69 Å². The number of benzene rings is 1. The number of aromatic nitrogens is 2. The van der Waals surface area contributed by atoms with Crippen molar-refractivity contribution < 1.29 is 17.6 Å². The number of H-pyrrole nitrogens is 1. The topological polar surface area (TPSA) is 52.5 Å². The van der Waals surface area contributed by atoms with E-state index >= 15 is 0 Å². The van der Waals surface area contributed by atoms with Crippen molar-refractivity contribution in [3.05, 3.63) is 39.9 Å². The Morgan fingerprint density at radius 2 is 2.00 bits per heavy atom. The molecule has 0 spiro atoms. The average Bonchev–Trinajstić information content (AvgIpc) is 2.68. The molecule has 1 aromatic heterocycles. The maximum atomic E-state index is 13.7. The smallest absolute Gasteiger partial charge is 0.331 e. The largest absolute Gasteiger partial charge is 0.417 e. The van der Waals surface area contributed by atoms with Gasteiger partial charge in [0.05, 0.1) is 11.1 Å². The summed E-state index contributed by atoms with van der Waals surface area (Å²) in [5, 5.41) is 8.70. The molecule has 0 saturated carbocycles. The Balaban J connectivity index is 2.71. The van der Waals surface area contributed by atoms with Gasteiger partial charge in [0.1, 0.15) is 22.3 Å². The Morgan fingerprint density at radius 3 is 2.53 bits per heavy atom. The molecule has 0 saturated heterocycles. The molecule has 2 aromatic rings. The predicted molar refractivity (Wildman–Crippen MR) is 61.4 cm³/mol. The van der Waals surface area contributed by atoms with Crippen LogP contribution in [0.25, 0.3) is 11.4 Å². The summed E-state index contributed by atoms with van der Waals surface area (Å²) in [4.78, 5) is 6.04. The maximum Gasteiger partial charge on any atom is 0.417 e. The van der Waals surface area contributed by atoms with Crippen LogP contribution in [0.4, 0.5) is 17.6 Å². The molecule has 0 atom stereocenters. The van der Waals surface area contributed by atoms with E-state index in [1.165, 1.54) is 0 Å². The molecule has 1 aromatic carbocycles. The van der Waals surface area contributed by atoms with E-state index in [0.717, 1.165) is 18.2 Å². The number of aromatic amines is 1. The Kier molecular flexibility index (Phi) is 3.32. The van der Waals surface area contributed by atoms with Gasteiger partial charge in [0.25, 0.3) is 0 Å². The van der Waals surface area contributed by atoms with E-state index in [1.807, 2.05) is 0 Å². The van der Waals surface area contributed by atoms with Crippen molar-refractivity contribution in [2.75, 3.05) is 0 Å². The van der Waals surface area contributed by atoms with E-state index in [1.54, 1.807) is 6.07 Å². The predicted octanol–water partition coefficient (Wildman–Crippen LogP) is 3.87. The number of hydrogen-bond acceptors (Lipinski definition) is 2. The van der Waals surface area contributed by atoms with Crippen LogP contribution in [0.1, 0.15) is 11.3 Å². The Labute approximate surface area is 113 Å². The van der Waals surface area contributed by atoms with Crippen LogP contribution in [0.15, 0.2) is 22.8 Å². The molecule has 0 amide bonds. The standard InChI is InChI=1S/C11H4BrF4N3/c12-9-7(4-17)18-10(19-9)8-5(11(14,15)16)2-1-3-6(8)13/h1-3H,(H,18,19). The van der Waals surface area contributed by atoms with Crippen LogP contribution in [-0.2, 0) is 6.18 Å². The fourth-order valence-corrected chi connectivity index (χ4v) is 1.91. The number of nitrogens with zero attached hydrogens (tertiary/aromatic N) is 2. The summed E-state index contributed by atoms with van der Waals surface area (Å²) in [7, 11) is 0. The number of rotatable bonds is 1. The normalized spacial score (nSPS) is 11.4. The monoisotopic (exact) mass is 333 g/mol. The van der Waals surface area contributed by atoms with Crippen LogP contribution in [0.2, 0.25) is 0 Å². The van der Waals surface area contributed by atoms with Crippen molar-refractivity contribution in [2.45, 2.75) is 6.18 Å². The highest BCUT2D eigenvalue weighted by Crippen LogP contribution is 2.38. The van der Waals surface area contributed by atoms with Gasteiger partial charge < -0.3 is 4.98 Å². The molecule has 0 aliphatic heterocycles. The average molecular weight is 334 g/mol. The molecular formula is C11H4BrF4N3. The molecule has 0 radical (unpaired) electrons. The van der Waals surface area contributed by atoms with Gasteiger partial charge in [-0.25, -0.2) is 9.37 Å². The van der Waals surface area contributed by atoms with Crippen molar-refractivity contribution in [3.63, 3.8) is 0 Å². The minimum Gasteiger partial charge on any atom is -0.331 e. The third-order valence-electron chi connectivity index (χ3n) is 2.32. The van der Waals surface area contributed by atoms with Gasteiger partial charge in [-0.15, -0.1) is 0 Å². The summed E-state index contributed by atoms with van der Waals surface area (Å²) in [5.74, 6) is -1.42. The molecule has 0 aliphatic carbocycles. The quantitative estimate of drug-likeness (QED) is 0.805. The molecule has 8 heteroatoms. The van der Waals surface area contributed by atoms with Gasteiger partial charge in [-0.3, -0.25) is 0 Å². The van der Waals surface area contributed by atoms with Crippen molar-refractivity contribution in [2.24, 2.45) is 0 Å². The highest BCUT2D eigenvalue weighted by atomic mass is 79.9. The first-order valence-electron chi connectivity index (χ1n) is 4.86. The van der Waals surface area contributed by atoms with Gasteiger partial charge in [-0.1, -0.05) is 6.07 Å². The van der Waals surface area contributed by atoms with Crippen LogP contribution in [0.5, 0.6) is 0 Å². The van der Waals surface area contributed by atoms with E-state index in [4.69, 9.17) is 5.26 Å². The lowest BCUT2D eigenvalue weighted by molar-refractivity contribution is -0.137. The third kappa shape index (κ3) is 2.46. The first kappa shape index (κ1) is 13.5. The molecule has 19 heavy (non-hydrogen) atoms. The zero-order valence-electron chi connectivity index (χ0n) is 9.02. The van der Waals surface area contributed by atoms with Crippen LogP contribution in [0.3, 0.4) is 0 Å². The molecule has 0 fully saturated rings. The molecular weight excluding hydrogens is 330 g/mol. The second kappa shape index (κ2) is 4.66. The Morgan fingerprint density at radius 1 is 1.32 bits per heavy atom. The molecule has 2 rings (SSSR count). The van der Waals surface area contributed by atoms with Gasteiger partial charge in [-0.2, -0.15) is 18.4 Å². The van der Waals surface area contributed by atoms with E-state index in [0.29, 0.717) is 0 Å². The molecule has 1 N–H and O–H groups in total. The van der Waals surface area contributed by atoms with Crippen LogP contribution < -0.4 is 0 Å². The second-order valence-corrected chi connectivity index (χ2v) is 4.31. The van der Waals surface area contributed by atoms with Gasteiger partial charge in [-0.05, 0) is 28.1 Å². The number of imidazole rings is 1. The maximum absolute atomic E-state index is 13.7. The lowest BCUT2D eigenvalue weighted by Crippen LogP contribution is -2.09. The van der Waals surface area contributed by atoms with E-state index in [9.17, 15) is 17.6 Å². The number of hydrogen-bond donors (Lipinski definition) is 1. The zero-order valence-corrected chi connectivity index (χ0v) is 10.6. The van der Waals surface area contributed by atoms with Crippen LogP contribution >= 0.6 is 15.9 Å². The molecule has 98 valence electrons. The minimum absolute atomic E-state index is 0.0985. The lowest BCUT2D eigenvalue weighted by Gasteiger charge is -2.11. The minimum atomic E-state index is -4.72. The number of alkyl halides is 3. The lowest BCUT2D eigenvalue weighted by atomic mass is 10.1. The first-order valence-corrected chi connectivity index (χ1v) is 5.65. The Bertz CT molecular complexity index is 670. The molecule has 1 heterocycles. The van der Waals surface area contributed by atoms with Crippen molar-refractivity contribution in [1.29, 1.82) is 5.26 Å². The highest BCUT2D eigenvalue weighted by Gasteiger charge is 2.36. The Hall–Kier alpha value is -1.88. The summed E-state index contributed by atoms with van der Waals surface area (Å²) in [5.41, 5.74) is -2.01. The van der Waals surface area contributed by atoms with Crippen molar-refractivity contribution in [1.82, 2.24) is 9.97 Å². The van der Waals surface area contributed by atoms with Gasteiger partial charge in [0, 0.05) is 0 Å². The van der Waals surface area contributed by atoms with E-state index in [2.05, 4.69) is 25.9 Å². The molecule has 3 nitrogen and oxygen atoms in total. The van der Waals surface area contributed by atoms with Crippen molar-refractivity contribution >= 4 is 15.9 Å². The third-order valence-corrected chi connectivity index (χ3v) is 2.90. The second-order valence-electron chi connectivity index (χ2n) is 3.52. The first-order chi connectivity index (χ1) is 8.84. The van der Waals surface area contributed by atoms with Gasteiger partial charge in [0.2, 0.25) is 0 Å². The fourth-order valence-electron chi connectivity index (χ4n) is 1.55. The fraction of sp³-hybridized carbons (Fsp3) is 0.0909. The number of halogens is 5. The van der Waals surface area contributed by atoms with E-state index in [-0.39, 0.29) is 16.1 Å². The van der Waals surface area contributed by atoms with E-state index < -0.39 is 23.1 Å². The summed E-state index contributed by atoms with van der Waals surface area (Å²) in [6.45, 7) is 0. The summed E-state index contributed by atoms with van der Waals surface area (Å²) in [6.07, 6.45) is -4.72. The molecule has 0 bridgehead atoms. The highest BCUT2D eigenvalue weighted by molar-refractivity contribution is 9.10. The van der Waals surface area contributed by atoms with Crippen molar-refractivity contribution in [3.8, 4) is 17.5 Å². The summed E-state index contributed by atoms with van der Waals surface area (Å²) in [6, 6.07) is 4.28. The van der Waals surface area contributed by atoms with Crippen LogP contribution in [0, 0.1) is 17.1 Å². The number of nitrogens with one attached hydrogen (secondary N) is 1.